The molecule has 0 heterocycles. The summed E-state index contributed by atoms with van der Waals surface area (Å²) in [6.07, 6.45) is 4.32. The summed E-state index contributed by atoms with van der Waals surface area (Å²) in [4.78, 5) is 0. The zero-order chi connectivity index (χ0) is 13.2. The lowest BCUT2D eigenvalue weighted by atomic mass is 9.68. The van der Waals surface area contributed by atoms with Gasteiger partial charge in [-0.05, 0) is 37.3 Å². The standard InChI is InChI=1S/C15H17ClFN/c1-11-4-3-7-15(8-11,10-18)9-12-13(16)5-2-6-14(12)17/h2,5-6,11H,3-4,7-9H2,1H3. The molecule has 0 bridgehead atoms. The van der Waals surface area contributed by atoms with Crippen molar-refractivity contribution in [2.24, 2.45) is 11.3 Å². The van der Waals surface area contributed by atoms with E-state index >= 15 is 0 Å². The van der Waals surface area contributed by atoms with Gasteiger partial charge in [0.05, 0.1) is 11.5 Å². The number of halogens is 2. The summed E-state index contributed by atoms with van der Waals surface area (Å²) in [6, 6.07) is 7.13. The van der Waals surface area contributed by atoms with Crippen molar-refractivity contribution in [2.75, 3.05) is 0 Å². The minimum atomic E-state index is -0.441. The summed E-state index contributed by atoms with van der Waals surface area (Å²) in [6.45, 7) is 2.16. The average Bonchev–Trinajstić information content (AvgIpc) is 2.34. The van der Waals surface area contributed by atoms with Gasteiger partial charge < -0.3 is 0 Å². The maximum Gasteiger partial charge on any atom is 0.127 e. The van der Waals surface area contributed by atoms with Gasteiger partial charge in [-0.15, -0.1) is 0 Å². The van der Waals surface area contributed by atoms with Crippen molar-refractivity contribution in [2.45, 2.75) is 39.0 Å². The predicted molar refractivity (Wildman–Crippen MR) is 70.8 cm³/mol. The first-order chi connectivity index (χ1) is 8.56. The fourth-order valence-electron chi connectivity index (χ4n) is 3.00. The topological polar surface area (TPSA) is 23.8 Å². The van der Waals surface area contributed by atoms with Gasteiger partial charge in [0.15, 0.2) is 0 Å². The molecule has 1 aromatic carbocycles. The second kappa shape index (κ2) is 5.28. The smallest absolute Gasteiger partial charge is 0.127 e. The third-order valence-corrected chi connectivity index (χ3v) is 4.26. The molecule has 3 heteroatoms. The maximum absolute atomic E-state index is 13.8. The quantitative estimate of drug-likeness (QED) is 0.758. The minimum Gasteiger partial charge on any atom is -0.207 e. The number of hydrogen-bond acceptors (Lipinski definition) is 1. The molecule has 2 atom stereocenters. The molecule has 2 rings (SSSR count). The van der Waals surface area contributed by atoms with Gasteiger partial charge in [0.2, 0.25) is 0 Å². The monoisotopic (exact) mass is 265 g/mol. The van der Waals surface area contributed by atoms with Crippen molar-refractivity contribution < 1.29 is 4.39 Å². The fraction of sp³-hybridized carbons (Fsp3) is 0.533. The van der Waals surface area contributed by atoms with E-state index in [0.29, 0.717) is 22.9 Å². The number of rotatable bonds is 2. The van der Waals surface area contributed by atoms with E-state index in [-0.39, 0.29) is 5.82 Å². The van der Waals surface area contributed by atoms with Crippen LogP contribution in [0.5, 0.6) is 0 Å². The number of hydrogen-bond donors (Lipinski definition) is 0. The Bertz CT molecular complexity index is 460. The zero-order valence-corrected chi connectivity index (χ0v) is 11.3. The molecule has 2 unspecified atom stereocenters. The molecule has 0 N–H and O–H groups in total. The Morgan fingerprint density at radius 2 is 2.33 bits per heavy atom. The van der Waals surface area contributed by atoms with Crippen molar-refractivity contribution in [1.29, 1.82) is 5.26 Å². The number of benzene rings is 1. The average molecular weight is 266 g/mol. The van der Waals surface area contributed by atoms with Crippen LogP contribution in [0.25, 0.3) is 0 Å². The van der Waals surface area contributed by atoms with Crippen molar-refractivity contribution in [1.82, 2.24) is 0 Å². The predicted octanol–water partition coefficient (Wildman–Crippen LogP) is 4.74. The van der Waals surface area contributed by atoms with Crippen LogP contribution in [0.4, 0.5) is 4.39 Å². The van der Waals surface area contributed by atoms with Crippen LogP contribution in [0.1, 0.15) is 38.2 Å². The summed E-state index contributed by atoms with van der Waals surface area (Å²) in [5.74, 6) is 0.235. The van der Waals surface area contributed by atoms with Crippen LogP contribution in [0, 0.1) is 28.5 Å². The van der Waals surface area contributed by atoms with Gasteiger partial charge in [0, 0.05) is 10.6 Å². The van der Waals surface area contributed by atoms with Crippen molar-refractivity contribution in [3.63, 3.8) is 0 Å². The highest BCUT2D eigenvalue weighted by atomic mass is 35.5. The summed E-state index contributed by atoms with van der Waals surface area (Å²) >= 11 is 6.05. The fourth-order valence-corrected chi connectivity index (χ4v) is 3.23. The second-order valence-electron chi connectivity index (χ2n) is 5.47. The van der Waals surface area contributed by atoms with Gasteiger partial charge in [-0.25, -0.2) is 4.39 Å². The molecule has 1 aliphatic rings. The van der Waals surface area contributed by atoms with Crippen LogP contribution in [-0.2, 0) is 6.42 Å². The Morgan fingerprint density at radius 1 is 1.56 bits per heavy atom. The van der Waals surface area contributed by atoms with E-state index in [0.717, 1.165) is 25.7 Å². The zero-order valence-electron chi connectivity index (χ0n) is 10.5. The first kappa shape index (κ1) is 13.4. The summed E-state index contributed by atoms with van der Waals surface area (Å²) < 4.78 is 13.8. The van der Waals surface area contributed by atoms with E-state index in [1.807, 2.05) is 0 Å². The molecule has 1 nitrogen and oxygen atoms in total. The highest BCUT2D eigenvalue weighted by molar-refractivity contribution is 6.31. The Balaban J connectivity index is 2.28. The van der Waals surface area contributed by atoms with E-state index in [2.05, 4.69) is 13.0 Å². The Labute approximate surface area is 113 Å². The highest BCUT2D eigenvalue weighted by Gasteiger charge is 2.36. The van der Waals surface area contributed by atoms with E-state index in [1.165, 1.54) is 6.07 Å². The van der Waals surface area contributed by atoms with Gasteiger partial charge >= 0.3 is 0 Å². The Kier molecular flexibility index (Phi) is 3.92. The van der Waals surface area contributed by atoms with Crippen LogP contribution in [0.15, 0.2) is 18.2 Å². The van der Waals surface area contributed by atoms with Gasteiger partial charge in [0.25, 0.3) is 0 Å². The van der Waals surface area contributed by atoms with Crippen molar-refractivity contribution >= 4 is 11.6 Å². The molecule has 96 valence electrons. The molecule has 1 aliphatic carbocycles. The summed E-state index contributed by atoms with van der Waals surface area (Å²) in [5, 5.41) is 9.92. The first-order valence-electron chi connectivity index (χ1n) is 6.40. The third-order valence-electron chi connectivity index (χ3n) is 3.91. The number of nitriles is 1. The molecule has 18 heavy (non-hydrogen) atoms. The van der Waals surface area contributed by atoms with Gasteiger partial charge in [0.1, 0.15) is 5.82 Å². The molecule has 1 fully saturated rings. The third kappa shape index (κ3) is 2.67. The van der Waals surface area contributed by atoms with Gasteiger partial charge in [-0.2, -0.15) is 5.26 Å². The van der Waals surface area contributed by atoms with E-state index in [9.17, 15) is 9.65 Å². The molecule has 0 aromatic heterocycles. The van der Waals surface area contributed by atoms with Crippen LogP contribution >= 0.6 is 11.6 Å². The second-order valence-corrected chi connectivity index (χ2v) is 5.88. The molecule has 0 saturated heterocycles. The van der Waals surface area contributed by atoms with Crippen LogP contribution in [-0.4, -0.2) is 0 Å². The highest BCUT2D eigenvalue weighted by Crippen LogP contribution is 2.42. The van der Waals surface area contributed by atoms with Crippen LogP contribution in [0.3, 0.4) is 0 Å². The minimum absolute atomic E-state index is 0.296. The SMILES string of the molecule is CC1CCCC(C#N)(Cc2c(F)cccc2Cl)C1. The van der Waals surface area contributed by atoms with Crippen molar-refractivity contribution in [3.8, 4) is 6.07 Å². The van der Waals surface area contributed by atoms with E-state index in [4.69, 9.17) is 11.6 Å². The summed E-state index contributed by atoms with van der Waals surface area (Å²) in [7, 11) is 0. The molecule has 1 saturated carbocycles. The van der Waals surface area contributed by atoms with E-state index < -0.39 is 5.41 Å². The van der Waals surface area contributed by atoms with Crippen LogP contribution in [0.2, 0.25) is 5.02 Å². The van der Waals surface area contributed by atoms with Crippen LogP contribution < -0.4 is 0 Å². The molecule has 0 radical (unpaired) electrons. The largest absolute Gasteiger partial charge is 0.207 e. The lowest BCUT2D eigenvalue weighted by molar-refractivity contribution is 0.208. The summed E-state index contributed by atoms with van der Waals surface area (Å²) in [5.41, 5.74) is 0.0542. The lowest BCUT2D eigenvalue weighted by Crippen LogP contribution is -2.29. The van der Waals surface area contributed by atoms with Gasteiger partial charge in [-0.1, -0.05) is 37.4 Å². The van der Waals surface area contributed by atoms with Crippen molar-refractivity contribution in [3.05, 3.63) is 34.6 Å². The molecule has 0 aliphatic heterocycles. The Hall–Kier alpha value is -1.07. The molecular formula is C15H17ClFN. The normalized spacial score (nSPS) is 27.8. The molecule has 0 amide bonds. The number of nitrogens with zero attached hydrogens (tertiary/aromatic N) is 1. The Morgan fingerprint density at radius 3 is 2.94 bits per heavy atom. The maximum atomic E-state index is 13.8. The molecular weight excluding hydrogens is 249 g/mol. The van der Waals surface area contributed by atoms with Gasteiger partial charge in [-0.3, -0.25) is 0 Å². The molecule has 0 spiro atoms. The lowest BCUT2D eigenvalue weighted by Gasteiger charge is -2.34. The first-order valence-corrected chi connectivity index (χ1v) is 6.78. The van der Waals surface area contributed by atoms with E-state index in [1.54, 1.807) is 12.1 Å². The molecule has 1 aromatic rings.